The molecular weight excluding hydrogens is 366 g/mol. The average Bonchev–Trinajstić information content (AvgIpc) is 2.69. The van der Waals surface area contributed by atoms with Crippen LogP contribution in [0.3, 0.4) is 0 Å². The molecule has 3 rings (SSSR count). The Hall–Kier alpha value is -2.19. The zero-order valence-electron chi connectivity index (χ0n) is 15.6. The fourth-order valence-electron chi connectivity index (χ4n) is 3.25. The lowest BCUT2D eigenvalue weighted by Gasteiger charge is -2.33. The van der Waals surface area contributed by atoms with Crippen LogP contribution in [-0.4, -0.2) is 61.8 Å². The molecule has 8 heteroatoms. The number of ether oxygens (including phenoxy) is 2. The summed E-state index contributed by atoms with van der Waals surface area (Å²) in [5.74, 6) is 2.41. The zero-order chi connectivity index (χ0) is 19.2. The number of hydrogen-bond donors (Lipinski definition) is 2. The van der Waals surface area contributed by atoms with E-state index in [0.29, 0.717) is 24.4 Å². The summed E-state index contributed by atoms with van der Waals surface area (Å²) in [4.78, 5) is 27.1. The highest BCUT2D eigenvalue weighted by Gasteiger charge is 2.34. The van der Waals surface area contributed by atoms with Crippen LogP contribution >= 0.6 is 11.8 Å². The number of hydrogen-bond acceptors (Lipinski definition) is 6. The van der Waals surface area contributed by atoms with E-state index in [4.69, 9.17) is 9.47 Å². The molecule has 0 aliphatic carbocycles. The monoisotopic (exact) mass is 391 g/mol. The maximum atomic E-state index is 12.6. The molecule has 1 atom stereocenters. The molecule has 27 heavy (non-hydrogen) atoms. The molecule has 0 radical (unpaired) electrons. The van der Waals surface area contributed by atoms with Gasteiger partial charge < -0.3 is 20.1 Å². The van der Waals surface area contributed by atoms with Crippen molar-refractivity contribution < 1.29 is 19.1 Å². The van der Waals surface area contributed by atoms with Gasteiger partial charge in [0.1, 0.15) is 5.75 Å². The third-order valence-electron chi connectivity index (χ3n) is 4.57. The van der Waals surface area contributed by atoms with Crippen LogP contribution in [0.1, 0.15) is 18.5 Å². The number of urea groups is 1. The summed E-state index contributed by atoms with van der Waals surface area (Å²) in [5, 5.41) is 5.66. The Morgan fingerprint density at radius 1 is 1.26 bits per heavy atom. The van der Waals surface area contributed by atoms with Crippen molar-refractivity contribution >= 4 is 23.8 Å². The lowest BCUT2D eigenvalue weighted by Crippen LogP contribution is -2.49. The molecule has 1 aromatic rings. The minimum Gasteiger partial charge on any atom is -0.494 e. The minimum atomic E-state index is -0.559. The number of esters is 1. The number of thioether (sulfide) groups is 1. The molecule has 1 fully saturated rings. The third kappa shape index (κ3) is 4.75. The maximum Gasteiger partial charge on any atom is 0.338 e. The van der Waals surface area contributed by atoms with E-state index in [1.165, 1.54) is 7.11 Å². The van der Waals surface area contributed by atoms with Crippen molar-refractivity contribution in [3.63, 3.8) is 0 Å². The first-order chi connectivity index (χ1) is 13.1. The van der Waals surface area contributed by atoms with Crippen molar-refractivity contribution in [3.05, 3.63) is 41.1 Å². The number of carbonyl (C=O) groups excluding carboxylic acids is 2. The van der Waals surface area contributed by atoms with E-state index in [9.17, 15) is 9.59 Å². The molecule has 7 nitrogen and oxygen atoms in total. The molecule has 0 unspecified atom stereocenters. The third-order valence-corrected chi connectivity index (χ3v) is 5.51. The number of nitrogens with zero attached hydrogens (tertiary/aromatic N) is 1. The van der Waals surface area contributed by atoms with E-state index in [2.05, 4.69) is 15.5 Å². The summed E-state index contributed by atoms with van der Waals surface area (Å²) in [7, 11) is 1.36. The van der Waals surface area contributed by atoms with Gasteiger partial charge in [-0.05, 0) is 24.6 Å². The lowest BCUT2D eigenvalue weighted by atomic mass is 9.95. The second kappa shape index (κ2) is 9.14. The van der Waals surface area contributed by atoms with Crippen molar-refractivity contribution in [1.29, 1.82) is 0 Å². The Morgan fingerprint density at radius 2 is 1.96 bits per heavy atom. The first-order valence-corrected chi connectivity index (χ1v) is 10.2. The molecule has 2 aliphatic rings. The number of nitrogens with one attached hydrogen (secondary N) is 2. The van der Waals surface area contributed by atoms with Gasteiger partial charge in [0.15, 0.2) is 0 Å². The summed E-state index contributed by atoms with van der Waals surface area (Å²) in [6.45, 7) is 4.88. The number of amides is 2. The highest BCUT2D eigenvalue weighted by atomic mass is 32.2. The Labute approximate surface area is 163 Å². The van der Waals surface area contributed by atoms with Gasteiger partial charge in [0.25, 0.3) is 0 Å². The van der Waals surface area contributed by atoms with Crippen molar-refractivity contribution in [2.45, 2.75) is 13.0 Å². The second-order valence-corrected chi connectivity index (χ2v) is 7.53. The molecule has 1 saturated heterocycles. The summed E-state index contributed by atoms with van der Waals surface area (Å²) < 4.78 is 10.5. The fourth-order valence-corrected chi connectivity index (χ4v) is 4.23. The van der Waals surface area contributed by atoms with Crippen molar-refractivity contribution in [3.8, 4) is 5.75 Å². The smallest absolute Gasteiger partial charge is 0.338 e. The summed E-state index contributed by atoms with van der Waals surface area (Å²) >= 11 is 1.91. The van der Waals surface area contributed by atoms with Gasteiger partial charge in [-0.2, -0.15) is 11.8 Å². The van der Waals surface area contributed by atoms with Crippen LogP contribution < -0.4 is 15.4 Å². The molecule has 2 amide bonds. The predicted octanol–water partition coefficient (Wildman–Crippen LogP) is 1.92. The van der Waals surface area contributed by atoms with Crippen molar-refractivity contribution in [1.82, 2.24) is 15.5 Å². The SMILES string of the molecule is CCOc1ccc([C@H]2NC(=O)NC(CN3CCSCC3)=C2C(=O)OC)cc1. The maximum absolute atomic E-state index is 12.6. The van der Waals surface area contributed by atoms with Crippen LogP contribution in [0.5, 0.6) is 5.75 Å². The van der Waals surface area contributed by atoms with Gasteiger partial charge in [0.05, 0.1) is 25.3 Å². The summed E-state index contributed by atoms with van der Waals surface area (Å²) in [6.07, 6.45) is 0. The van der Waals surface area contributed by atoms with E-state index in [0.717, 1.165) is 35.9 Å². The molecule has 2 aliphatic heterocycles. The second-order valence-electron chi connectivity index (χ2n) is 6.31. The normalized spacial score (nSPS) is 20.7. The van der Waals surface area contributed by atoms with Gasteiger partial charge in [-0.25, -0.2) is 9.59 Å². The van der Waals surface area contributed by atoms with Crippen LogP contribution in [0.15, 0.2) is 35.5 Å². The highest BCUT2D eigenvalue weighted by Crippen LogP contribution is 2.29. The predicted molar refractivity (Wildman–Crippen MR) is 105 cm³/mol. The number of benzene rings is 1. The fraction of sp³-hybridized carbons (Fsp3) is 0.474. The lowest BCUT2D eigenvalue weighted by molar-refractivity contribution is -0.136. The highest BCUT2D eigenvalue weighted by molar-refractivity contribution is 7.99. The van der Waals surface area contributed by atoms with Gasteiger partial charge in [-0.1, -0.05) is 12.1 Å². The zero-order valence-corrected chi connectivity index (χ0v) is 16.4. The molecule has 1 aromatic carbocycles. The number of methoxy groups -OCH3 is 1. The van der Waals surface area contributed by atoms with Crippen LogP contribution in [0.2, 0.25) is 0 Å². The Kier molecular flexibility index (Phi) is 6.63. The Bertz CT molecular complexity index is 714. The largest absolute Gasteiger partial charge is 0.494 e. The molecule has 0 bridgehead atoms. The van der Waals surface area contributed by atoms with Gasteiger partial charge in [-0.3, -0.25) is 4.90 Å². The van der Waals surface area contributed by atoms with Crippen LogP contribution in [0.4, 0.5) is 4.79 Å². The molecule has 2 heterocycles. The first kappa shape index (κ1) is 19.6. The van der Waals surface area contributed by atoms with Gasteiger partial charge in [0, 0.05) is 36.8 Å². The quantitative estimate of drug-likeness (QED) is 0.722. The Morgan fingerprint density at radius 3 is 2.59 bits per heavy atom. The van der Waals surface area contributed by atoms with E-state index in [-0.39, 0.29) is 6.03 Å². The molecule has 2 N–H and O–H groups in total. The van der Waals surface area contributed by atoms with Gasteiger partial charge in [-0.15, -0.1) is 0 Å². The number of carbonyl (C=O) groups is 2. The van der Waals surface area contributed by atoms with Crippen LogP contribution in [0, 0.1) is 0 Å². The standard InChI is InChI=1S/C19H25N3O4S/c1-3-26-14-6-4-13(5-7-14)17-16(18(23)25-2)15(20-19(24)21-17)12-22-8-10-27-11-9-22/h4-7,17H,3,8-12H2,1-2H3,(H2,20,21,24)/t17-/m1/s1. The van der Waals surface area contributed by atoms with Crippen molar-refractivity contribution in [2.24, 2.45) is 0 Å². The number of rotatable bonds is 6. The van der Waals surface area contributed by atoms with E-state index in [1.54, 1.807) is 0 Å². The minimum absolute atomic E-state index is 0.317. The van der Waals surface area contributed by atoms with Crippen molar-refractivity contribution in [2.75, 3.05) is 44.9 Å². The first-order valence-electron chi connectivity index (χ1n) is 9.04. The van der Waals surface area contributed by atoms with E-state index >= 15 is 0 Å². The van der Waals surface area contributed by atoms with Gasteiger partial charge in [0.2, 0.25) is 0 Å². The van der Waals surface area contributed by atoms with Gasteiger partial charge >= 0.3 is 12.0 Å². The van der Waals surface area contributed by atoms with Crippen LogP contribution in [0.25, 0.3) is 0 Å². The molecule has 0 saturated carbocycles. The summed E-state index contributed by atoms with van der Waals surface area (Å²) in [5.41, 5.74) is 1.86. The van der Waals surface area contributed by atoms with Crippen LogP contribution in [-0.2, 0) is 9.53 Å². The molecule has 146 valence electrons. The van der Waals surface area contributed by atoms with E-state index in [1.807, 2.05) is 43.0 Å². The molecule has 0 spiro atoms. The Balaban J connectivity index is 1.92. The topological polar surface area (TPSA) is 79.9 Å². The van der Waals surface area contributed by atoms with E-state index < -0.39 is 12.0 Å². The molecular formula is C19H25N3O4S. The molecule has 0 aromatic heterocycles. The summed E-state index contributed by atoms with van der Waals surface area (Å²) in [6, 6.07) is 6.52. The average molecular weight is 391 g/mol.